The number of hydrogen-bond acceptors (Lipinski definition) is 5. The molecule has 114 valence electrons. The zero-order valence-corrected chi connectivity index (χ0v) is 11.9. The molecule has 0 spiro atoms. The average Bonchev–Trinajstić information content (AvgIpc) is 2.37. The summed E-state index contributed by atoms with van der Waals surface area (Å²) in [5.74, 6) is 0. The summed E-state index contributed by atoms with van der Waals surface area (Å²) in [6.07, 6.45) is -1.32. The third kappa shape index (κ3) is 3.60. The Morgan fingerprint density at radius 2 is 2.05 bits per heavy atom. The fraction of sp³-hybridized carbons (Fsp3) is 0.462. The molecule has 1 saturated heterocycles. The van der Waals surface area contributed by atoms with Crippen molar-refractivity contribution < 1.29 is 14.8 Å². The molecule has 1 fully saturated rings. The Balaban J connectivity index is 2.31. The van der Waals surface area contributed by atoms with Gasteiger partial charge in [0.05, 0.1) is 4.92 Å². The van der Waals surface area contributed by atoms with E-state index in [0.717, 1.165) is 18.8 Å². The van der Waals surface area contributed by atoms with Gasteiger partial charge in [0, 0.05) is 36.9 Å². The largest absolute Gasteiger partial charge is 0.465 e. The van der Waals surface area contributed by atoms with Crippen LogP contribution in [0.1, 0.15) is 13.8 Å². The van der Waals surface area contributed by atoms with E-state index in [2.05, 4.69) is 24.1 Å². The van der Waals surface area contributed by atoms with Crippen LogP contribution >= 0.6 is 0 Å². The third-order valence-corrected chi connectivity index (χ3v) is 3.34. The number of carboxylic acid groups (broad SMARTS) is 1. The Hall–Kier alpha value is -2.35. The second-order valence-corrected chi connectivity index (χ2v) is 5.26. The number of benzene rings is 1. The molecular weight excluding hydrogens is 276 g/mol. The summed E-state index contributed by atoms with van der Waals surface area (Å²) < 4.78 is 0. The van der Waals surface area contributed by atoms with Crippen LogP contribution in [0.4, 0.5) is 21.9 Å². The van der Waals surface area contributed by atoms with E-state index in [9.17, 15) is 14.9 Å². The first kappa shape index (κ1) is 15.0. The average molecular weight is 294 g/mol. The maximum atomic E-state index is 11.1. The number of carbonyl (C=O) groups is 1. The van der Waals surface area contributed by atoms with E-state index < -0.39 is 11.0 Å². The fourth-order valence-electron chi connectivity index (χ4n) is 2.63. The summed E-state index contributed by atoms with van der Waals surface area (Å²) in [5.41, 5.74) is 0.457. The van der Waals surface area contributed by atoms with Crippen LogP contribution < -0.4 is 15.5 Å². The molecule has 8 nitrogen and oxygen atoms in total. The van der Waals surface area contributed by atoms with Crippen molar-refractivity contribution in [3.63, 3.8) is 0 Å². The van der Waals surface area contributed by atoms with Gasteiger partial charge in [-0.05, 0) is 26.0 Å². The van der Waals surface area contributed by atoms with E-state index in [4.69, 9.17) is 5.11 Å². The van der Waals surface area contributed by atoms with Crippen molar-refractivity contribution in [1.29, 1.82) is 0 Å². The Labute approximate surface area is 121 Å². The molecule has 3 N–H and O–H groups in total. The van der Waals surface area contributed by atoms with Gasteiger partial charge in [-0.1, -0.05) is 0 Å². The number of nitro benzene ring substituents is 1. The van der Waals surface area contributed by atoms with Crippen molar-refractivity contribution in [1.82, 2.24) is 5.32 Å². The summed E-state index contributed by atoms with van der Waals surface area (Å²) in [4.78, 5) is 23.3. The van der Waals surface area contributed by atoms with E-state index in [1.165, 1.54) is 12.1 Å². The zero-order valence-electron chi connectivity index (χ0n) is 11.9. The Morgan fingerprint density at radius 1 is 1.43 bits per heavy atom. The quantitative estimate of drug-likeness (QED) is 0.580. The highest BCUT2D eigenvalue weighted by atomic mass is 16.6. The molecular formula is C13H18N4O4. The van der Waals surface area contributed by atoms with Crippen LogP contribution in [0.25, 0.3) is 0 Å². The fourth-order valence-corrected chi connectivity index (χ4v) is 2.63. The molecule has 1 aromatic carbocycles. The zero-order chi connectivity index (χ0) is 15.6. The van der Waals surface area contributed by atoms with Gasteiger partial charge in [0.2, 0.25) is 0 Å². The van der Waals surface area contributed by atoms with Crippen LogP contribution in [0.5, 0.6) is 0 Å². The van der Waals surface area contributed by atoms with Gasteiger partial charge in [-0.15, -0.1) is 0 Å². The monoisotopic (exact) mass is 294 g/mol. The van der Waals surface area contributed by atoms with Crippen LogP contribution in [0.2, 0.25) is 0 Å². The van der Waals surface area contributed by atoms with Crippen molar-refractivity contribution in [2.24, 2.45) is 0 Å². The molecule has 1 aliphatic heterocycles. The lowest BCUT2D eigenvalue weighted by Gasteiger charge is -2.37. The Kier molecular flexibility index (Phi) is 4.27. The van der Waals surface area contributed by atoms with E-state index in [1.54, 1.807) is 6.07 Å². The highest BCUT2D eigenvalue weighted by molar-refractivity contribution is 5.87. The van der Waals surface area contributed by atoms with Gasteiger partial charge in [0.25, 0.3) is 5.69 Å². The summed E-state index contributed by atoms with van der Waals surface area (Å²) in [7, 11) is 0. The van der Waals surface area contributed by atoms with Crippen molar-refractivity contribution in [2.45, 2.75) is 25.9 Å². The third-order valence-electron chi connectivity index (χ3n) is 3.34. The molecule has 8 heteroatoms. The van der Waals surface area contributed by atoms with Crippen LogP contribution in [0.15, 0.2) is 18.2 Å². The molecule has 21 heavy (non-hydrogen) atoms. The number of hydrogen-bond donors (Lipinski definition) is 3. The van der Waals surface area contributed by atoms with Crippen molar-refractivity contribution in [3.05, 3.63) is 28.3 Å². The molecule has 1 heterocycles. The number of anilines is 2. The summed E-state index contributed by atoms with van der Waals surface area (Å²) in [5, 5.41) is 25.3. The molecule has 1 aromatic rings. The van der Waals surface area contributed by atoms with Crippen LogP contribution in [0, 0.1) is 10.1 Å². The van der Waals surface area contributed by atoms with Gasteiger partial charge >= 0.3 is 6.09 Å². The van der Waals surface area contributed by atoms with Gasteiger partial charge in [0.1, 0.15) is 5.69 Å². The standard InChI is InChI=1S/C13H18N4O4/c1-8-6-16(7-9(2)14-8)10-3-4-11(15-13(18)19)12(5-10)17(20)21/h3-5,8-9,14-15H,6-7H2,1-2H3,(H,18,19). The van der Waals surface area contributed by atoms with Crippen LogP contribution in [-0.4, -0.2) is 41.3 Å². The minimum Gasteiger partial charge on any atom is -0.465 e. The molecule has 2 rings (SSSR count). The smallest absolute Gasteiger partial charge is 0.409 e. The normalized spacial score (nSPS) is 21.9. The lowest BCUT2D eigenvalue weighted by Crippen LogP contribution is -2.54. The highest BCUT2D eigenvalue weighted by Crippen LogP contribution is 2.30. The molecule has 0 bridgehead atoms. The van der Waals surface area contributed by atoms with Crippen molar-refractivity contribution >= 4 is 23.2 Å². The van der Waals surface area contributed by atoms with Gasteiger partial charge in [0.15, 0.2) is 0 Å². The minimum absolute atomic E-state index is 0.0209. The van der Waals surface area contributed by atoms with E-state index in [0.29, 0.717) is 0 Å². The van der Waals surface area contributed by atoms with Crippen molar-refractivity contribution in [2.75, 3.05) is 23.3 Å². The molecule has 0 aliphatic carbocycles. The second kappa shape index (κ2) is 5.96. The lowest BCUT2D eigenvalue weighted by atomic mass is 10.1. The van der Waals surface area contributed by atoms with Gasteiger partial charge in [-0.2, -0.15) is 0 Å². The number of piperazine rings is 1. The predicted octanol–water partition coefficient (Wildman–Crippen LogP) is 1.87. The number of nitro groups is 1. The van der Waals surface area contributed by atoms with Gasteiger partial charge in [-0.3, -0.25) is 15.4 Å². The molecule has 0 aromatic heterocycles. The van der Waals surface area contributed by atoms with Crippen LogP contribution in [0.3, 0.4) is 0 Å². The number of nitrogens with one attached hydrogen (secondary N) is 2. The number of nitrogens with zero attached hydrogens (tertiary/aromatic N) is 2. The molecule has 0 saturated carbocycles. The summed E-state index contributed by atoms with van der Waals surface area (Å²) >= 11 is 0. The van der Waals surface area contributed by atoms with Crippen molar-refractivity contribution in [3.8, 4) is 0 Å². The van der Waals surface area contributed by atoms with E-state index in [-0.39, 0.29) is 23.5 Å². The first-order valence-electron chi connectivity index (χ1n) is 6.66. The first-order chi connectivity index (χ1) is 9.86. The molecule has 1 amide bonds. The number of rotatable bonds is 3. The number of amides is 1. The van der Waals surface area contributed by atoms with Gasteiger partial charge in [-0.25, -0.2) is 4.79 Å². The Bertz CT molecular complexity index is 553. The SMILES string of the molecule is CC1CN(c2ccc(NC(=O)O)c([N+](=O)[O-])c2)CC(C)N1. The molecule has 2 atom stereocenters. The van der Waals surface area contributed by atoms with Crippen LogP contribution in [-0.2, 0) is 0 Å². The van der Waals surface area contributed by atoms with Gasteiger partial charge < -0.3 is 15.3 Å². The molecule has 1 aliphatic rings. The first-order valence-corrected chi connectivity index (χ1v) is 6.66. The summed E-state index contributed by atoms with van der Waals surface area (Å²) in [6.45, 7) is 5.59. The second-order valence-electron chi connectivity index (χ2n) is 5.26. The maximum Gasteiger partial charge on any atom is 0.409 e. The summed E-state index contributed by atoms with van der Waals surface area (Å²) in [6, 6.07) is 5.10. The lowest BCUT2D eigenvalue weighted by molar-refractivity contribution is -0.383. The maximum absolute atomic E-state index is 11.1. The van der Waals surface area contributed by atoms with E-state index in [1.807, 2.05) is 5.32 Å². The minimum atomic E-state index is -1.32. The topological polar surface area (TPSA) is 108 Å². The Morgan fingerprint density at radius 3 is 2.57 bits per heavy atom. The molecule has 2 unspecified atom stereocenters. The van der Waals surface area contributed by atoms with E-state index >= 15 is 0 Å². The molecule has 0 radical (unpaired) electrons. The predicted molar refractivity (Wildman–Crippen MR) is 79.0 cm³/mol. The highest BCUT2D eigenvalue weighted by Gasteiger charge is 2.24.